The Morgan fingerprint density at radius 2 is 1.86 bits per heavy atom. The van der Waals surface area contributed by atoms with E-state index in [0.717, 1.165) is 15.9 Å². The molecular weight excluding hydrogens is 288 g/mol. The molecule has 0 saturated heterocycles. The lowest BCUT2D eigenvalue weighted by molar-refractivity contribution is 0.876. The van der Waals surface area contributed by atoms with Crippen molar-refractivity contribution in [1.82, 2.24) is 9.97 Å². The summed E-state index contributed by atoms with van der Waals surface area (Å²) >= 11 is 5.07. The highest BCUT2D eigenvalue weighted by atomic mass is 32.1. The monoisotopic (exact) mass is 310 g/mol. The van der Waals surface area contributed by atoms with Gasteiger partial charge in [-0.15, -0.1) is 0 Å². The maximum Gasteiger partial charge on any atom is 0.103 e. The van der Waals surface area contributed by atoms with Crippen molar-refractivity contribution in [2.45, 2.75) is 33.6 Å². The van der Waals surface area contributed by atoms with Crippen molar-refractivity contribution in [3.63, 3.8) is 0 Å². The van der Waals surface area contributed by atoms with Crippen LogP contribution in [0.2, 0.25) is 0 Å². The van der Waals surface area contributed by atoms with Gasteiger partial charge in [-0.3, -0.25) is 4.98 Å². The normalized spacial score (nSPS) is 10.4. The zero-order valence-corrected chi connectivity index (χ0v) is 14.4. The fraction of sp³-hybridized carbons (Fsp3) is 0.263. The molecule has 0 aliphatic rings. The number of fused-ring (bicyclic) bond motifs is 1. The summed E-state index contributed by atoms with van der Waals surface area (Å²) in [5.74, 6) is 0.499. The first-order chi connectivity index (χ1) is 10.6. The number of benzene rings is 1. The molecule has 3 aromatic rings. The number of pyridine rings is 2. The third kappa shape index (κ3) is 3.42. The Morgan fingerprint density at radius 1 is 1.09 bits per heavy atom. The topological polar surface area (TPSA) is 28.7 Å². The molecule has 0 fully saturated rings. The molecule has 3 rings (SSSR count). The maximum absolute atomic E-state index is 5.07. The van der Waals surface area contributed by atoms with Gasteiger partial charge < -0.3 is 4.98 Å². The first-order valence-electron chi connectivity index (χ1n) is 7.73. The van der Waals surface area contributed by atoms with E-state index in [1.54, 1.807) is 0 Å². The first-order valence-corrected chi connectivity index (χ1v) is 8.14. The molecular formula is C19H22N2S. The van der Waals surface area contributed by atoms with Crippen molar-refractivity contribution in [3.05, 3.63) is 59.0 Å². The molecule has 2 nitrogen and oxygen atoms in total. The number of nitrogens with one attached hydrogen (secondary N) is 1. The second kappa shape index (κ2) is 7.32. The first kappa shape index (κ1) is 16.4. The lowest BCUT2D eigenvalue weighted by Crippen LogP contribution is -1.91. The van der Waals surface area contributed by atoms with Crippen LogP contribution < -0.4 is 0 Å². The van der Waals surface area contributed by atoms with Crippen LogP contribution >= 0.6 is 12.2 Å². The molecule has 0 radical (unpaired) electrons. The van der Waals surface area contributed by atoms with E-state index in [-0.39, 0.29) is 0 Å². The third-order valence-electron chi connectivity index (χ3n) is 3.50. The second-order valence-corrected chi connectivity index (χ2v) is 5.67. The van der Waals surface area contributed by atoms with Crippen molar-refractivity contribution in [3.8, 4) is 11.3 Å². The third-order valence-corrected chi connectivity index (χ3v) is 3.75. The summed E-state index contributed by atoms with van der Waals surface area (Å²) in [6.07, 6.45) is 3.88. The SMILES string of the molecule is CC.CC(C)c1cccc2cc(-c3ccc(=S)[nH]c3)ncc12. The lowest BCUT2D eigenvalue weighted by Gasteiger charge is -2.10. The zero-order valence-electron chi connectivity index (χ0n) is 13.6. The fourth-order valence-corrected chi connectivity index (χ4v) is 2.55. The van der Waals surface area contributed by atoms with Gasteiger partial charge in [0.05, 0.1) is 5.69 Å². The highest BCUT2D eigenvalue weighted by molar-refractivity contribution is 7.71. The Hall–Kier alpha value is -2.00. The van der Waals surface area contributed by atoms with Crippen LogP contribution in [0.4, 0.5) is 0 Å². The van der Waals surface area contributed by atoms with Crippen molar-refractivity contribution in [1.29, 1.82) is 0 Å². The number of rotatable bonds is 2. The van der Waals surface area contributed by atoms with E-state index in [1.165, 1.54) is 16.3 Å². The molecule has 1 aromatic carbocycles. The molecule has 0 bridgehead atoms. The Morgan fingerprint density at radius 3 is 2.50 bits per heavy atom. The van der Waals surface area contributed by atoms with Crippen LogP contribution in [0.5, 0.6) is 0 Å². The molecule has 0 amide bonds. The summed E-state index contributed by atoms with van der Waals surface area (Å²) in [5.41, 5.74) is 3.36. The molecule has 3 heteroatoms. The van der Waals surface area contributed by atoms with Gasteiger partial charge in [0, 0.05) is 23.3 Å². The fourth-order valence-electron chi connectivity index (χ4n) is 2.43. The summed E-state index contributed by atoms with van der Waals surface area (Å²) in [7, 11) is 0. The number of aromatic amines is 1. The molecule has 114 valence electrons. The summed E-state index contributed by atoms with van der Waals surface area (Å²) in [4.78, 5) is 7.65. The van der Waals surface area contributed by atoms with Crippen molar-refractivity contribution < 1.29 is 0 Å². The Kier molecular flexibility index (Phi) is 5.45. The van der Waals surface area contributed by atoms with E-state index < -0.39 is 0 Å². The molecule has 0 aliphatic carbocycles. The molecule has 2 aromatic heterocycles. The quantitative estimate of drug-likeness (QED) is 0.578. The van der Waals surface area contributed by atoms with Gasteiger partial charge in [-0.05, 0) is 35.1 Å². The average molecular weight is 310 g/mol. The maximum atomic E-state index is 5.07. The zero-order chi connectivity index (χ0) is 16.1. The van der Waals surface area contributed by atoms with E-state index >= 15 is 0 Å². The van der Waals surface area contributed by atoms with Gasteiger partial charge >= 0.3 is 0 Å². The van der Waals surface area contributed by atoms with Crippen molar-refractivity contribution in [2.24, 2.45) is 0 Å². The lowest BCUT2D eigenvalue weighted by atomic mass is 9.97. The van der Waals surface area contributed by atoms with E-state index in [4.69, 9.17) is 12.2 Å². The van der Waals surface area contributed by atoms with E-state index in [2.05, 4.69) is 48.1 Å². The van der Waals surface area contributed by atoms with Gasteiger partial charge in [0.1, 0.15) is 4.64 Å². The van der Waals surface area contributed by atoms with Gasteiger partial charge in [0.15, 0.2) is 0 Å². The van der Waals surface area contributed by atoms with E-state index in [1.807, 2.05) is 38.4 Å². The summed E-state index contributed by atoms with van der Waals surface area (Å²) < 4.78 is 0.733. The van der Waals surface area contributed by atoms with Gasteiger partial charge in [-0.25, -0.2) is 0 Å². The molecule has 1 N–H and O–H groups in total. The van der Waals surface area contributed by atoms with Crippen LogP contribution in [0.15, 0.2) is 48.8 Å². The predicted molar refractivity (Wildman–Crippen MR) is 97.8 cm³/mol. The summed E-state index contributed by atoms with van der Waals surface area (Å²) in [6, 6.07) is 12.4. The number of aromatic nitrogens is 2. The molecule has 0 saturated carbocycles. The standard InChI is InChI=1S/C17H16N2S.C2H6/c1-11(2)14-5-3-4-12-8-16(18-10-15(12)14)13-6-7-17(20)19-9-13;1-2/h3-11H,1-2H3,(H,19,20);1-2H3. The molecule has 0 spiro atoms. The smallest absolute Gasteiger partial charge is 0.103 e. The highest BCUT2D eigenvalue weighted by Gasteiger charge is 2.07. The highest BCUT2D eigenvalue weighted by Crippen LogP contribution is 2.27. The minimum absolute atomic E-state index is 0.499. The number of hydrogen-bond acceptors (Lipinski definition) is 2. The van der Waals surface area contributed by atoms with Gasteiger partial charge in [-0.1, -0.05) is 58.1 Å². The Balaban J connectivity index is 0.000000847. The largest absolute Gasteiger partial charge is 0.352 e. The minimum Gasteiger partial charge on any atom is -0.352 e. The van der Waals surface area contributed by atoms with Crippen LogP contribution in [0.1, 0.15) is 39.2 Å². The average Bonchev–Trinajstić information content (AvgIpc) is 2.56. The van der Waals surface area contributed by atoms with E-state index in [0.29, 0.717) is 5.92 Å². The van der Waals surface area contributed by atoms with Gasteiger partial charge in [0.2, 0.25) is 0 Å². The molecule has 0 atom stereocenters. The number of nitrogens with zero attached hydrogens (tertiary/aromatic N) is 1. The second-order valence-electron chi connectivity index (χ2n) is 5.23. The van der Waals surface area contributed by atoms with Crippen LogP contribution in [-0.2, 0) is 0 Å². The van der Waals surface area contributed by atoms with Crippen LogP contribution in [0.3, 0.4) is 0 Å². The minimum atomic E-state index is 0.499. The van der Waals surface area contributed by atoms with Crippen LogP contribution in [0, 0.1) is 4.64 Å². The van der Waals surface area contributed by atoms with Crippen molar-refractivity contribution >= 4 is 23.0 Å². The van der Waals surface area contributed by atoms with Crippen molar-refractivity contribution in [2.75, 3.05) is 0 Å². The van der Waals surface area contributed by atoms with Crippen LogP contribution in [0.25, 0.3) is 22.0 Å². The summed E-state index contributed by atoms with van der Waals surface area (Å²) in [5, 5.41) is 2.46. The number of hydrogen-bond donors (Lipinski definition) is 1. The Bertz CT molecular complexity index is 799. The molecule has 0 aliphatic heterocycles. The van der Waals surface area contributed by atoms with Crippen LogP contribution in [-0.4, -0.2) is 9.97 Å². The van der Waals surface area contributed by atoms with E-state index in [9.17, 15) is 0 Å². The molecule has 0 unspecified atom stereocenters. The number of H-pyrrole nitrogens is 1. The molecule has 2 heterocycles. The predicted octanol–water partition coefficient (Wildman–Crippen LogP) is 6.11. The van der Waals surface area contributed by atoms with Gasteiger partial charge in [0.25, 0.3) is 0 Å². The van der Waals surface area contributed by atoms with Gasteiger partial charge in [-0.2, -0.15) is 0 Å². The Labute approximate surface area is 137 Å². The summed E-state index contributed by atoms with van der Waals surface area (Å²) in [6.45, 7) is 8.42. The molecule has 22 heavy (non-hydrogen) atoms.